The Kier molecular flexibility index (Phi) is 14.4. The predicted octanol–water partition coefficient (Wildman–Crippen LogP) is 2.67. The molecular formula is C10H25AlN. The van der Waals surface area contributed by atoms with Crippen molar-refractivity contribution in [3.63, 3.8) is 0 Å². The van der Waals surface area contributed by atoms with Gasteiger partial charge in [0.05, 0.1) is 0 Å². The van der Waals surface area contributed by atoms with Crippen LogP contribution in [0, 0.1) is 11.8 Å². The number of rotatable bonds is 4. The smallest absolute Gasteiger partial charge is 0.200 e. The van der Waals surface area contributed by atoms with E-state index in [1.165, 1.54) is 10.6 Å². The predicted molar refractivity (Wildman–Crippen MR) is 60.0 cm³/mol. The zero-order chi connectivity index (χ0) is 9.98. The van der Waals surface area contributed by atoms with Crippen LogP contribution in [0.5, 0.6) is 0 Å². The highest BCUT2D eigenvalue weighted by atomic mass is 27.1. The number of nitrogens with one attached hydrogen (secondary N) is 1. The van der Waals surface area contributed by atoms with Crippen LogP contribution in [0.4, 0.5) is 0 Å². The minimum atomic E-state index is 0.755. The zero-order valence-corrected chi connectivity index (χ0v) is 10.8. The Bertz CT molecular complexity index is 64.2. The Morgan fingerprint density at radius 3 is 1.33 bits per heavy atom. The summed E-state index contributed by atoms with van der Waals surface area (Å²) in [5, 5.41) is 5.72. The van der Waals surface area contributed by atoms with Crippen LogP contribution in [-0.2, 0) is 0 Å². The summed E-state index contributed by atoms with van der Waals surface area (Å²) < 4.78 is 0. The van der Waals surface area contributed by atoms with E-state index in [0.29, 0.717) is 0 Å². The summed E-state index contributed by atoms with van der Waals surface area (Å²) in [6.07, 6.45) is 0. The van der Waals surface area contributed by atoms with Gasteiger partial charge < -0.3 is 5.32 Å². The fourth-order valence-corrected chi connectivity index (χ4v) is 2.29. The Balaban J connectivity index is 0. The first-order chi connectivity index (χ1) is 5.54. The average Bonchev–Trinajstić information content (AvgIpc) is 1.87. The van der Waals surface area contributed by atoms with Gasteiger partial charge in [-0.25, -0.2) is 0 Å². The van der Waals surface area contributed by atoms with E-state index in [2.05, 4.69) is 33.0 Å². The van der Waals surface area contributed by atoms with E-state index in [4.69, 9.17) is 0 Å². The van der Waals surface area contributed by atoms with Gasteiger partial charge in [0, 0.05) is 0 Å². The molecule has 0 rings (SSSR count). The summed E-state index contributed by atoms with van der Waals surface area (Å²) in [5.41, 5.74) is 0. The summed E-state index contributed by atoms with van der Waals surface area (Å²) in [6.45, 7) is 9.25. The average molecular weight is 186 g/mol. The van der Waals surface area contributed by atoms with Gasteiger partial charge in [-0.3, -0.25) is 0 Å². The van der Waals surface area contributed by atoms with Crippen molar-refractivity contribution in [1.29, 1.82) is 0 Å². The molecule has 1 N–H and O–H groups in total. The molecule has 0 atom stereocenters. The van der Waals surface area contributed by atoms with Gasteiger partial charge in [-0.1, -0.05) is 39.5 Å². The van der Waals surface area contributed by atoms with Crippen molar-refractivity contribution in [3.8, 4) is 0 Å². The minimum absolute atomic E-state index is 0.755. The van der Waals surface area contributed by atoms with Crippen molar-refractivity contribution >= 4 is 15.2 Å². The van der Waals surface area contributed by atoms with Crippen LogP contribution < -0.4 is 5.32 Å². The molecule has 0 aliphatic carbocycles. The van der Waals surface area contributed by atoms with E-state index in [-0.39, 0.29) is 0 Å². The van der Waals surface area contributed by atoms with Crippen LogP contribution in [0.1, 0.15) is 27.7 Å². The second-order valence-corrected chi connectivity index (χ2v) is 5.57. The van der Waals surface area contributed by atoms with Crippen LogP contribution >= 0.6 is 0 Å². The van der Waals surface area contributed by atoms with Crippen molar-refractivity contribution in [2.75, 3.05) is 14.1 Å². The lowest BCUT2D eigenvalue weighted by molar-refractivity contribution is 0.700. The Hall–Kier alpha value is 0.492. The molecule has 0 aromatic heterocycles. The van der Waals surface area contributed by atoms with Gasteiger partial charge in [-0.2, -0.15) is 0 Å². The lowest BCUT2D eigenvalue weighted by Gasteiger charge is -2.03. The molecule has 0 spiro atoms. The SMILES string of the molecule is CC(C)[CH2][Al][CH2]C(C)C.CNC. The topological polar surface area (TPSA) is 12.0 Å². The second kappa shape index (κ2) is 11.5. The molecule has 0 bridgehead atoms. The Morgan fingerprint density at radius 1 is 0.917 bits per heavy atom. The maximum Gasteiger partial charge on any atom is 0.200 e. The summed E-state index contributed by atoms with van der Waals surface area (Å²) in [6, 6.07) is 0. The summed E-state index contributed by atoms with van der Waals surface area (Å²) in [4.78, 5) is 0. The molecule has 0 heterocycles. The lowest BCUT2D eigenvalue weighted by Crippen LogP contribution is -1.99. The molecule has 0 saturated carbocycles. The molecule has 2 heteroatoms. The van der Waals surface area contributed by atoms with Gasteiger partial charge in [-0.05, 0) is 14.1 Å². The van der Waals surface area contributed by atoms with Crippen LogP contribution in [0.25, 0.3) is 0 Å². The maximum atomic E-state index is 2.75. The van der Waals surface area contributed by atoms with Crippen molar-refractivity contribution < 1.29 is 0 Å². The molecule has 0 unspecified atom stereocenters. The molecule has 12 heavy (non-hydrogen) atoms. The molecule has 0 aliphatic heterocycles. The zero-order valence-electron chi connectivity index (χ0n) is 9.65. The van der Waals surface area contributed by atoms with Gasteiger partial charge in [0.15, 0.2) is 0 Å². The fraction of sp³-hybridized carbons (Fsp3) is 1.00. The van der Waals surface area contributed by atoms with E-state index in [1.807, 2.05) is 14.1 Å². The molecule has 1 nitrogen and oxygen atoms in total. The van der Waals surface area contributed by atoms with E-state index in [9.17, 15) is 0 Å². The van der Waals surface area contributed by atoms with Gasteiger partial charge in [-0.15, -0.1) is 10.6 Å². The normalized spacial score (nSPS) is 9.67. The summed E-state index contributed by atoms with van der Waals surface area (Å²) in [5.74, 6) is 1.86. The second-order valence-electron chi connectivity index (χ2n) is 4.05. The lowest BCUT2D eigenvalue weighted by atomic mass is 10.3. The number of hydrogen-bond acceptors (Lipinski definition) is 1. The Morgan fingerprint density at radius 2 is 1.17 bits per heavy atom. The monoisotopic (exact) mass is 186 g/mol. The molecule has 0 aromatic rings. The highest BCUT2D eigenvalue weighted by Gasteiger charge is 1.98. The third-order valence-corrected chi connectivity index (χ3v) is 3.83. The molecule has 0 fully saturated rings. The van der Waals surface area contributed by atoms with Crippen LogP contribution in [-0.4, -0.2) is 29.3 Å². The Labute approximate surface area is 85.0 Å². The molecule has 1 radical (unpaired) electrons. The first kappa shape index (κ1) is 15.0. The van der Waals surface area contributed by atoms with Crippen molar-refractivity contribution in [3.05, 3.63) is 0 Å². The largest absolute Gasteiger partial charge is 0.323 e. The molecule has 0 saturated heterocycles. The maximum absolute atomic E-state index is 2.75. The molecule has 0 amide bonds. The van der Waals surface area contributed by atoms with Crippen molar-refractivity contribution in [2.24, 2.45) is 11.8 Å². The van der Waals surface area contributed by atoms with Crippen LogP contribution in [0.15, 0.2) is 0 Å². The van der Waals surface area contributed by atoms with E-state index in [0.717, 1.165) is 27.1 Å². The standard InChI is InChI=1S/2C4H9.C2H7N.Al/c2*1-4(2)3;1-3-2;/h2*4H,1H2,2-3H3;3H,1-2H3;. The van der Waals surface area contributed by atoms with E-state index in [1.54, 1.807) is 0 Å². The molecule has 0 aromatic carbocycles. The van der Waals surface area contributed by atoms with Gasteiger partial charge in [0.25, 0.3) is 0 Å². The third kappa shape index (κ3) is 22.4. The van der Waals surface area contributed by atoms with Crippen molar-refractivity contribution in [2.45, 2.75) is 38.3 Å². The van der Waals surface area contributed by atoms with E-state index < -0.39 is 0 Å². The summed E-state index contributed by atoms with van der Waals surface area (Å²) >= 11 is 0.755. The molecule has 0 aliphatic rings. The molecular weight excluding hydrogens is 161 g/mol. The highest BCUT2D eigenvalue weighted by Crippen LogP contribution is 2.05. The highest BCUT2D eigenvalue weighted by molar-refractivity contribution is 6.35. The van der Waals surface area contributed by atoms with Gasteiger partial charge in [0.2, 0.25) is 15.2 Å². The van der Waals surface area contributed by atoms with Crippen LogP contribution in [0.2, 0.25) is 10.6 Å². The molecule has 73 valence electrons. The van der Waals surface area contributed by atoms with E-state index >= 15 is 0 Å². The van der Waals surface area contributed by atoms with Gasteiger partial charge >= 0.3 is 0 Å². The minimum Gasteiger partial charge on any atom is -0.323 e. The summed E-state index contributed by atoms with van der Waals surface area (Å²) in [7, 11) is 3.75. The first-order valence-corrected chi connectivity index (χ1v) is 6.58. The third-order valence-electron chi connectivity index (χ3n) is 1.28. The van der Waals surface area contributed by atoms with Crippen LogP contribution in [0.3, 0.4) is 0 Å². The first-order valence-electron chi connectivity index (χ1n) is 4.94. The van der Waals surface area contributed by atoms with Crippen molar-refractivity contribution in [1.82, 2.24) is 5.32 Å². The van der Waals surface area contributed by atoms with Gasteiger partial charge in [0.1, 0.15) is 0 Å². The fourth-order valence-electron chi connectivity index (χ4n) is 0.763. The quantitative estimate of drug-likeness (QED) is 0.666. The number of hydrogen-bond donors (Lipinski definition) is 1.